The van der Waals surface area contributed by atoms with Crippen LogP contribution in [0.15, 0.2) is 42.7 Å². The molecule has 1 aliphatic heterocycles. The van der Waals surface area contributed by atoms with E-state index in [0.717, 1.165) is 5.69 Å². The van der Waals surface area contributed by atoms with E-state index in [1.807, 2.05) is 24.4 Å². The van der Waals surface area contributed by atoms with Gasteiger partial charge in [-0.25, -0.2) is 0 Å². The normalized spacial score (nSPS) is 24.0. The van der Waals surface area contributed by atoms with Crippen LogP contribution in [0.4, 0.5) is 0 Å². The van der Waals surface area contributed by atoms with E-state index in [4.69, 9.17) is 12.2 Å². The van der Waals surface area contributed by atoms with Gasteiger partial charge in [0.15, 0.2) is 5.11 Å². The summed E-state index contributed by atoms with van der Waals surface area (Å²) in [5.74, 6) is 0. The summed E-state index contributed by atoms with van der Waals surface area (Å²) >= 11 is 5.60. The van der Waals surface area contributed by atoms with Gasteiger partial charge in [-0.2, -0.15) is 0 Å². The van der Waals surface area contributed by atoms with Crippen molar-refractivity contribution >= 4 is 17.3 Å². The third-order valence-electron chi connectivity index (χ3n) is 5.62. The fourth-order valence-electron chi connectivity index (χ4n) is 4.43. The van der Waals surface area contributed by atoms with Gasteiger partial charge in [0.25, 0.3) is 0 Å². The minimum absolute atomic E-state index is 0.00695. The minimum atomic E-state index is -0.00695. The largest absolute Gasteiger partial charge is 0.395 e. The molecule has 5 nitrogen and oxygen atoms in total. The van der Waals surface area contributed by atoms with Gasteiger partial charge in [0, 0.05) is 30.7 Å². The standard InChI is InChI=1S/C20H26N4OS/c25-14-13-24-19(18(22-20(24)26)16-9-4-5-11-21-16)17-10-6-12-23(17)15-7-2-1-3-8-15/h4-6,9-12,15,18-19,25H,1-3,7-8,13-14H2,(H,22,26)/t18-,19-/m0/s1. The second kappa shape index (κ2) is 7.76. The summed E-state index contributed by atoms with van der Waals surface area (Å²) in [5, 5.41) is 13.7. The maximum atomic E-state index is 9.58. The highest BCUT2D eigenvalue weighted by Crippen LogP contribution is 2.40. The van der Waals surface area contributed by atoms with Gasteiger partial charge in [-0.05, 0) is 49.3 Å². The summed E-state index contributed by atoms with van der Waals surface area (Å²) in [5.41, 5.74) is 2.24. The minimum Gasteiger partial charge on any atom is -0.395 e. The molecule has 3 heterocycles. The van der Waals surface area contributed by atoms with Crippen molar-refractivity contribution < 1.29 is 5.11 Å². The molecule has 2 aromatic heterocycles. The first kappa shape index (κ1) is 17.5. The number of thiocarbonyl (C=S) groups is 1. The fraction of sp³-hybridized carbons (Fsp3) is 0.500. The van der Waals surface area contributed by atoms with Crippen molar-refractivity contribution in [2.45, 2.75) is 50.2 Å². The highest BCUT2D eigenvalue weighted by Gasteiger charge is 2.41. The van der Waals surface area contributed by atoms with Gasteiger partial charge in [0.2, 0.25) is 0 Å². The van der Waals surface area contributed by atoms with Crippen LogP contribution in [-0.4, -0.2) is 37.8 Å². The van der Waals surface area contributed by atoms with Crippen LogP contribution in [-0.2, 0) is 0 Å². The molecule has 0 aromatic carbocycles. The van der Waals surface area contributed by atoms with E-state index in [1.54, 1.807) is 0 Å². The Kier molecular flexibility index (Phi) is 5.22. The van der Waals surface area contributed by atoms with Crippen molar-refractivity contribution in [3.05, 3.63) is 54.1 Å². The van der Waals surface area contributed by atoms with Gasteiger partial charge in [-0.3, -0.25) is 4.98 Å². The Morgan fingerprint density at radius 1 is 1.15 bits per heavy atom. The summed E-state index contributed by atoms with van der Waals surface area (Å²) in [6.07, 6.45) is 10.4. The number of aliphatic hydroxyl groups is 1. The van der Waals surface area contributed by atoms with Crippen molar-refractivity contribution in [3.8, 4) is 0 Å². The molecule has 1 aliphatic carbocycles. The monoisotopic (exact) mass is 370 g/mol. The first-order chi connectivity index (χ1) is 12.8. The zero-order valence-corrected chi connectivity index (χ0v) is 15.7. The average Bonchev–Trinajstić information content (AvgIpc) is 3.28. The van der Waals surface area contributed by atoms with Crippen molar-refractivity contribution in [1.29, 1.82) is 0 Å². The molecule has 2 fully saturated rings. The van der Waals surface area contributed by atoms with Crippen LogP contribution in [0, 0.1) is 0 Å². The van der Waals surface area contributed by atoms with Crippen LogP contribution >= 0.6 is 12.2 Å². The predicted octanol–water partition coefficient (Wildman–Crippen LogP) is 3.35. The molecule has 0 spiro atoms. The number of nitrogens with one attached hydrogen (secondary N) is 1. The molecule has 1 saturated heterocycles. The quantitative estimate of drug-likeness (QED) is 0.791. The SMILES string of the molecule is OCCN1C(=S)N[C@@H](c2ccccn2)[C@@H]1c1cccn1C1CCCCC1. The first-order valence-electron chi connectivity index (χ1n) is 9.55. The number of hydrogen-bond donors (Lipinski definition) is 2. The summed E-state index contributed by atoms with van der Waals surface area (Å²) in [7, 11) is 0. The Morgan fingerprint density at radius 2 is 2.00 bits per heavy atom. The maximum absolute atomic E-state index is 9.58. The topological polar surface area (TPSA) is 53.3 Å². The average molecular weight is 371 g/mol. The highest BCUT2D eigenvalue weighted by atomic mass is 32.1. The third-order valence-corrected chi connectivity index (χ3v) is 5.97. The lowest BCUT2D eigenvalue weighted by Gasteiger charge is -2.32. The molecule has 0 amide bonds. The van der Waals surface area contributed by atoms with E-state index in [0.29, 0.717) is 17.7 Å². The number of β-amino-alcohol motifs (C(OH)–C–C–N with tert-alkyl or cyclic N) is 1. The van der Waals surface area contributed by atoms with Gasteiger partial charge in [-0.15, -0.1) is 0 Å². The Hall–Kier alpha value is -1.92. The first-order valence-corrected chi connectivity index (χ1v) is 9.96. The number of rotatable bonds is 5. The van der Waals surface area contributed by atoms with Gasteiger partial charge in [0.05, 0.1) is 24.4 Å². The van der Waals surface area contributed by atoms with E-state index in [2.05, 4.69) is 38.1 Å². The van der Waals surface area contributed by atoms with Crippen LogP contribution in [0.3, 0.4) is 0 Å². The second-order valence-electron chi connectivity index (χ2n) is 7.18. The number of pyridine rings is 1. The lowest BCUT2D eigenvalue weighted by molar-refractivity contribution is 0.214. The molecular weight excluding hydrogens is 344 g/mol. The highest BCUT2D eigenvalue weighted by molar-refractivity contribution is 7.80. The zero-order chi connectivity index (χ0) is 17.9. The summed E-state index contributed by atoms with van der Waals surface area (Å²) in [6, 6.07) is 10.9. The van der Waals surface area contributed by atoms with Gasteiger partial charge in [-0.1, -0.05) is 25.3 Å². The van der Waals surface area contributed by atoms with E-state index >= 15 is 0 Å². The van der Waals surface area contributed by atoms with Crippen LogP contribution in [0.25, 0.3) is 0 Å². The molecule has 26 heavy (non-hydrogen) atoms. The van der Waals surface area contributed by atoms with Crippen molar-refractivity contribution in [2.24, 2.45) is 0 Å². The molecular formula is C20H26N4OS. The summed E-state index contributed by atoms with van der Waals surface area (Å²) in [6.45, 7) is 0.604. The maximum Gasteiger partial charge on any atom is 0.170 e. The predicted molar refractivity (Wildman–Crippen MR) is 106 cm³/mol. The molecule has 0 radical (unpaired) electrons. The molecule has 1 saturated carbocycles. The number of nitrogens with zero attached hydrogens (tertiary/aromatic N) is 3. The molecule has 0 unspecified atom stereocenters. The third kappa shape index (κ3) is 3.23. The molecule has 0 bridgehead atoms. The molecule has 2 aromatic rings. The van der Waals surface area contributed by atoms with Crippen molar-refractivity contribution in [3.63, 3.8) is 0 Å². The Bertz CT molecular complexity index is 741. The Morgan fingerprint density at radius 3 is 2.73 bits per heavy atom. The molecule has 6 heteroatoms. The van der Waals surface area contributed by atoms with Crippen molar-refractivity contribution in [2.75, 3.05) is 13.2 Å². The van der Waals surface area contributed by atoms with Crippen LogP contribution in [0.2, 0.25) is 0 Å². The Labute approximate surface area is 160 Å². The zero-order valence-electron chi connectivity index (χ0n) is 14.9. The van der Waals surface area contributed by atoms with Gasteiger partial charge >= 0.3 is 0 Å². The van der Waals surface area contributed by atoms with Gasteiger partial charge in [0.1, 0.15) is 0 Å². The second-order valence-corrected chi connectivity index (χ2v) is 7.56. The molecule has 2 N–H and O–H groups in total. The molecule has 2 aliphatic rings. The smallest absolute Gasteiger partial charge is 0.170 e. The van der Waals surface area contributed by atoms with Crippen LogP contribution < -0.4 is 5.32 Å². The molecule has 4 rings (SSSR count). The Balaban J connectivity index is 1.72. The van der Waals surface area contributed by atoms with E-state index in [-0.39, 0.29) is 18.7 Å². The number of aromatic nitrogens is 2. The number of aliphatic hydroxyl groups excluding tert-OH is 1. The lowest BCUT2D eigenvalue weighted by atomic mass is 9.94. The van der Waals surface area contributed by atoms with Gasteiger partial charge < -0.3 is 19.9 Å². The fourth-order valence-corrected chi connectivity index (χ4v) is 4.76. The van der Waals surface area contributed by atoms with E-state index < -0.39 is 0 Å². The summed E-state index contributed by atoms with van der Waals surface area (Å²) < 4.78 is 2.44. The molecule has 2 atom stereocenters. The number of hydrogen-bond acceptors (Lipinski definition) is 3. The van der Waals surface area contributed by atoms with E-state index in [1.165, 1.54) is 37.8 Å². The van der Waals surface area contributed by atoms with E-state index in [9.17, 15) is 5.11 Å². The van der Waals surface area contributed by atoms with Crippen molar-refractivity contribution in [1.82, 2.24) is 19.8 Å². The summed E-state index contributed by atoms with van der Waals surface area (Å²) in [4.78, 5) is 6.69. The molecule has 138 valence electrons. The lowest BCUT2D eigenvalue weighted by Crippen LogP contribution is -2.33. The van der Waals surface area contributed by atoms with Crippen LogP contribution in [0.1, 0.15) is 61.6 Å². The van der Waals surface area contributed by atoms with Crippen LogP contribution in [0.5, 0.6) is 0 Å².